The van der Waals surface area contributed by atoms with Gasteiger partial charge < -0.3 is 14.8 Å². The third kappa shape index (κ3) is 3.67. The molecule has 0 spiro atoms. The predicted octanol–water partition coefficient (Wildman–Crippen LogP) is 2.03. The van der Waals surface area contributed by atoms with E-state index in [2.05, 4.69) is 15.1 Å². The summed E-state index contributed by atoms with van der Waals surface area (Å²) < 4.78 is 40.1. The largest absolute Gasteiger partial charge is 0.476 e. The van der Waals surface area contributed by atoms with E-state index in [4.69, 9.17) is 9.47 Å². The molecule has 0 bridgehead atoms. The van der Waals surface area contributed by atoms with Crippen LogP contribution in [0.25, 0.3) is 0 Å². The molecule has 31 heavy (non-hydrogen) atoms. The molecule has 0 saturated heterocycles. The number of carbonyl (C=O) groups excluding carboxylic acids is 1. The van der Waals surface area contributed by atoms with E-state index in [1.54, 1.807) is 7.11 Å². The van der Waals surface area contributed by atoms with E-state index >= 15 is 0 Å². The maximum Gasteiger partial charge on any atom is 0.333 e. The Morgan fingerprint density at radius 2 is 2.00 bits per heavy atom. The smallest absolute Gasteiger partial charge is 0.333 e. The minimum atomic E-state index is -4.13. The number of hydrogen-bond acceptors (Lipinski definition) is 6. The number of nitrogens with one attached hydrogen (secondary N) is 2. The number of rotatable bonds is 5. The lowest BCUT2D eigenvalue weighted by atomic mass is 9.98. The summed E-state index contributed by atoms with van der Waals surface area (Å²) >= 11 is 0. The fraction of sp³-hybridized carbons (Fsp3) is 0.524. The summed E-state index contributed by atoms with van der Waals surface area (Å²) in [6.07, 6.45) is 7.43. The number of carbonyl (C=O) groups is 1. The van der Waals surface area contributed by atoms with Crippen LogP contribution in [0.15, 0.2) is 17.2 Å². The van der Waals surface area contributed by atoms with Gasteiger partial charge in [0.05, 0.1) is 26.0 Å². The Kier molecular flexibility index (Phi) is 5.13. The number of aryl methyl sites for hydroxylation is 1. The van der Waals surface area contributed by atoms with Crippen LogP contribution >= 0.6 is 0 Å². The average molecular weight is 447 g/mol. The lowest BCUT2D eigenvalue weighted by Crippen LogP contribution is -2.35. The van der Waals surface area contributed by atoms with Crippen molar-refractivity contribution in [2.24, 2.45) is 5.92 Å². The van der Waals surface area contributed by atoms with E-state index in [1.807, 2.05) is 6.07 Å². The Bertz CT molecular complexity index is 1140. The molecule has 1 aromatic carbocycles. The summed E-state index contributed by atoms with van der Waals surface area (Å²) in [5.41, 5.74) is 5.91. The number of nitrogens with zero attached hydrogens (tertiary/aromatic N) is 2. The maximum atomic E-state index is 12.9. The Balaban J connectivity index is 1.34. The van der Waals surface area contributed by atoms with Crippen molar-refractivity contribution in [2.75, 3.05) is 25.6 Å². The van der Waals surface area contributed by atoms with Gasteiger partial charge in [0, 0.05) is 18.7 Å². The van der Waals surface area contributed by atoms with Crippen molar-refractivity contribution in [1.29, 1.82) is 0 Å². The fourth-order valence-corrected chi connectivity index (χ4v) is 5.98. The Morgan fingerprint density at radius 3 is 2.84 bits per heavy atom. The zero-order valence-corrected chi connectivity index (χ0v) is 18.3. The molecular formula is C21H26N4O5S. The van der Waals surface area contributed by atoms with Gasteiger partial charge in [0.25, 0.3) is 10.0 Å². The van der Waals surface area contributed by atoms with Gasteiger partial charge in [-0.15, -0.1) is 0 Å². The third-order valence-corrected chi connectivity index (χ3v) is 7.61. The molecule has 9 nitrogen and oxygen atoms in total. The zero-order valence-electron chi connectivity index (χ0n) is 17.4. The molecule has 5 rings (SSSR count). The van der Waals surface area contributed by atoms with Crippen molar-refractivity contribution in [3.05, 3.63) is 34.5 Å². The number of anilines is 1. The molecule has 2 amide bonds. The van der Waals surface area contributed by atoms with E-state index in [0.29, 0.717) is 19.8 Å². The van der Waals surface area contributed by atoms with Crippen LogP contribution in [0.3, 0.4) is 0 Å². The first-order valence-electron chi connectivity index (χ1n) is 10.6. The molecule has 2 aliphatic carbocycles. The van der Waals surface area contributed by atoms with Crippen molar-refractivity contribution in [3.8, 4) is 5.88 Å². The zero-order chi connectivity index (χ0) is 21.6. The molecule has 0 radical (unpaired) electrons. The fourth-order valence-electron chi connectivity index (χ4n) is 4.99. The highest BCUT2D eigenvalue weighted by molar-refractivity contribution is 7.90. The number of fused-ring (bicyclic) bond motifs is 4. The normalized spacial score (nSPS) is 19.3. The molecule has 166 valence electrons. The third-order valence-electron chi connectivity index (χ3n) is 6.30. The SMILES string of the molecule is COCC1COc2c(S(=O)(=O)NC(=O)Nc3cc4c(c5c3CCC5)CCC4)cnn2C1. The molecule has 3 aliphatic rings. The van der Waals surface area contributed by atoms with E-state index in [1.165, 1.54) is 27.6 Å². The molecular weight excluding hydrogens is 420 g/mol. The van der Waals surface area contributed by atoms with Crippen molar-refractivity contribution >= 4 is 21.7 Å². The van der Waals surface area contributed by atoms with Gasteiger partial charge in [0.1, 0.15) is 0 Å². The summed E-state index contributed by atoms with van der Waals surface area (Å²) in [7, 11) is -2.53. The molecule has 0 fully saturated rings. The van der Waals surface area contributed by atoms with Gasteiger partial charge in [-0.1, -0.05) is 0 Å². The summed E-state index contributed by atoms with van der Waals surface area (Å²) in [5, 5.41) is 6.90. The van der Waals surface area contributed by atoms with Crippen molar-refractivity contribution < 1.29 is 22.7 Å². The topological polar surface area (TPSA) is 112 Å². The number of urea groups is 1. The van der Waals surface area contributed by atoms with Crippen LogP contribution < -0.4 is 14.8 Å². The van der Waals surface area contributed by atoms with Crippen LogP contribution in [-0.2, 0) is 47.0 Å². The lowest BCUT2D eigenvalue weighted by molar-refractivity contribution is 0.0779. The molecule has 2 N–H and O–H groups in total. The van der Waals surface area contributed by atoms with Gasteiger partial charge in [-0.3, -0.25) is 0 Å². The van der Waals surface area contributed by atoms with Gasteiger partial charge in [0.2, 0.25) is 5.88 Å². The van der Waals surface area contributed by atoms with E-state index in [0.717, 1.165) is 49.8 Å². The van der Waals surface area contributed by atoms with Crippen LogP contribution in [-0.4, -0.2) is 44.6 Å². The predicted molar refractivity (Wildman–Crippen MR) is 113 cm³/mol. The average Bonchev–Trinajstić information content (AvgIpc) is 3.46. The highest BCUT2D eigenvalue weighted by atomic mass is 32.2. The summed E-state index contributed by atoms with van der Waals surface area (Å²) in [4.78, 5) is 12.5. The summed E-state index contributed by atoms with van der Waals surface area (Å²) in [6.45, 7) is 1.31. The van der Waals surface area contributed by atoms with Crippen LogP contribution in [0.1, 0.15) is 35.1 Å². The van der Waals surface area contributed by atoms with Gasteiger partial charge in [-0.2, -0.15) is 5.10 Å². The Hall–Kier alpha value is -2.59. The molecule has 1 aliphatic heterocycles. The highest BCUT2D eigenvalue weighted by Crippen LogP contribution is 2.38. The molecule has 1 atom stereocenters. The molecule has 10 heteroatoms. The first kappa shape index (κ1) is 20.3. The van der Waals surface area contributed by atoms with Gasteiger partial charge in [0.15, 0.2) is 4.90 Å². The van der Waals surface area contributed by atoms with Gasteiger partial charge in [-0.05, 0) is 66.8 Å². The number of aromatic nitrogens is 2. The monoisotopic (exact) mass is 446 g/mol. The van der Waals surface area contributed by atoms with Crippen LogP contribution in [0.4, 0.5) is 10.5 Å². The maximum absolute atomic E-state index is 12.9. The van der Waals surface area contributed by atoms with E-state index in [-0.39, 0.29) is 16.7 Å². The minimum Gasteiger partial charge on any atom is -0.476 e. The Labute approximate surface area is 181 Å². The Morgan fingerprint density at radius 1 is 1.23 bits per heavy atom. The second-order valence-corrected chi connectivity index (χ2v) is 10.1. The number of methoxy groups -OCH3 is 1. The molecule has 2 aromatic rings. The second kappa shape index (κ2) is 7.83. The molecule has 1 aromatic heterocycles. The second-order valence-electron chi connectivity index (χ2n) is 8.41. The number of hydrogen-bond donors (Lipinski definition) is 2. The standard InChI is InChI=1S/C21H26N4O5S/c1-29-11-13-10-25-20(30-12-13)19(9-22-25)31(27,28)24-21(26)23-18-8-14-4-2-5-15(14)16-6-3-7-17(16)18/h8-9,13H,2-7,10-12H2,1H3,(H2,23,24,26). The number of benzene rings is 1. The minimum absolute atomic E-state index is 0.0890. The van der Waals surface area contributed by atoms with Crippen molar-refractivity contribution in [3.63, 3.8) is 0 Å². The molecule has 0 saturated carbocycles. The van der Waals surface area contributed by atoms with E-state index in [9.17, 15) is 13.2 Å². The molecule has 2 heterocycles. The van der Waals surface area contributed by atoms with Crippen LogP contribution in [0.5, 0.6) is 5.88 Å². The van der Waals surface area contributed by atoms with Crippen LogP contribution in [0.2, 0.25) is 0 Å². The first-order valence-corrected chi connectivity index (χ1v) is 12.1. The van der Waals surface area contributed by atoms with Crippen molar-refractivity contribution in [2.45, 2.75) is 50.0 Å². The van der Waals surface area contributed by atoms with Crippen LogP contribution in [0, 0.1) is 5.92 Å². The first-order chi connectivity index (χ1) is 15.0. The molecule has 1 unspecified atom stereocenters. The lowest BCUT2D eigenvalue weighted by Gasteiger charge is -2.24. The van der Waals surface area contributed by atoms with Gasteiger partial charge >= 0.3 is 6.03 Å². The quantitative estimate of drug-likeness (QED) is 0.727. The number of amides is 2. The summed E-state index contributed by atoms with van der Waals surface area (Å²) in [6, 6.07) is 1.24. The van der Waals surface area contributed by atoms with Crippen molar-refractivity contribution in [1.82, 2.24) is 14.5 Å². The number of ether oxygens (including phenoxy) is 2. The van der Waals surface area contributed by atoms with E-state index < -0.39 is 16.1 Å². The highest BCUT2D eigenvalue weighted by Gasteiger charge is 2.31. The van der Waals surface area contributed by atoms with Gasteiger partial charge in [-0.25, -0.2) is 22.6 Å². The number of sulfonamides is 1. The summed E-state index contributed by atoms with van der Waals surface area (Å²) in [5.74, 6) is 0.234.